The maximum absolute atomic E-state index is 12.1. The van der Waals surface area contributed by atoms with Crippen LogP contribution in [0.3, 0.4) is 0 Å². The maximum atomic E-state index is 12.1. The molecule has 2 fully saturated rings. The summed E-state index contributed by atoms with van der Waals surface area (Å²) in [4.78, 5) is 16.4. The molecule has 0 bridgehead atoms. The molecule has 1 amide bonds. The van der Waals surface area contributed by atoms with Crippen molar-refractivity contribution in [3.63, 3.8) is 0 Å². The van der Waals surface area contributed by atoms with Gasteiger partial charge in [0.2, 0.25) is 5.91 Å². The van der Waals surface area contributed by atoms with E-state index < -0.39 is 5.54 Å². The van der Waals surface area contributed by atoms with Crippen molar-refractivity contribution in [2.45, 2.75) is 31.8 Å². The van der Waals surface area contributed by atoms with E-state index in [0.717, 1.165) is 45.8 Å². The molecule has 2 N–H and O–H groups in total. The largest absolute Gasteiger partial charge is 0.379 e. The van der Waals surface area contributed by atoms with Crippen LogP contribution in [0.1, 0.15) is 20.3 Å². The molecule has 7 heteroatoms. The van der Waals surface area contributed by atoms with Crippen LogP contribution in [0.5, 0.6) is 0 Å². The van der Waals surface area contributed by atoms with Crippen LogP contribution in [-0.2, 0) is 9.53 Å². The lowest BCUT2D eigenvalue weighted by molar-refractivity contribution is -0.134. The standard InChI is InChI=1S/C12H23N3O2.2ClH/c1-12(2,13)11(16)15-4-3-10(9-15)14-5-7-17-8-6-14;;/h10H,3-9,13H2,1-2H3;2*1H. The van der Waals surface area contributed by atoms with Crippen molar-refractivity contribution in [1.82, 2.24) is 9.80 Å². The molecule has 0 spiro atoms. The molecule has 0 aliphatic carbocycles. The van der Waals surface area contributed by atoms with Crippen molar-refractivity contribution in [3.05, 3.63) is 0 Å². The molecule has 19 heavy (non-hydrogen) atoms. The van der Waals surface area contributed by atoms with E-state index in [1.165, 1.54) is 0 Å². The second-order valence-electron chi connectivity index (χ2n) is 5.56. The molecule has 1 unspecified atom stereocenters. The zero-order valence-corrected chi connectivity index (χ0v) is 13.3. The smallest absolute Gasteiger partial charge is 0.242 e. The first-order valence-corrected chi connectivity index (χ1v) is 6.38. The Bertz CT molecular complexity index is 291. The molecule has 2 rings (SSSR count). The molecule has 2 saturated heterocycles. The molecular formula is C12H25Cl2N3O2. The Kier molecular flexibility index (Phi) is 7.62. The summed E-state index contributed by atoms with van der Waals surface area (Å²) in [6, 6.07) is 0.491. The summed E-state index contributed by atoms with van der Waals surface area (Å²) >= 11 is 0. The van der Waals surface area contributed by atoms with E-state index in [9.17, 15) is 4.79 Å². The number of carbonyl (C=O) groups excluding carboxylic acids is 1. The second kappa shape index (κ2) is 7.64. The van der Waals surface area contributed by atoms with Gasteiger partial charge >= 0.3 is 0 Å². The summed E-state index contributed by atoms with van der Waals surface area (Å²) in [6.07, 6.45) is 1.06. The fourth-order valence-electron chi connectivity index (χ4n) is 2.57. The van der Waals surface area contributed by atoms with Gasteiger partial charge in [0, 0.05) is 32.2 Å². The van der Waals surface area contributed by atoms with Crippen LogP contribution >= 0.6 is 24.8 Å². The third-order valence-corrected chi connectivity index (χ3v) is 3.56. The number of ether oxygens (including phenoxy) is 1. The fourth-order valence-corrected chi connectivity index (χ4v) is 2.57. The molecule has 2 heterocycles. The van der Waals surface area contributed by atoms with Gasteiger partial charge < -0.3 is 15.4 Å². The van der Waals surface area contributed by atoms with E-state index in [1.807, 2.05) is 4.90 Å². The van der Waals surface area contributed by atoms with E-state index in [0.29, 0.717) is 6.04 Å². The van der Waals surface area contributed by atoms with Crippen LogP contribution in [0.2, 0.25) is 0 Å². The minimum Gasteiger partial charge on any atom is -0.379 e. The van der Waals surface area contributed by atoms with Gasteiger partial charge in [-0.05, 0) is 20.3 Å². The fraction of sp³-hybridized carbons (Fsp3) is 0.917. The topological polar surface area (TPSA) is 58.8 Å². The van der Waals surface area contributed by atoms with Gasteiger partial charge in [0.15, 0.2) is 0 Å². The lowest BCUT2D eigenvalue weighted by Crippen LogP contribution is -2.51. The molecule has 1 atom stereocenters. The Morgan fingerprint density at radius 1 is 1.21 bits per heavy atom. The van der Waals surface area contributed by atoms with Gasteiger partial charge in [0.25, 0.3) is 0 Å². The van der Waals surface area contributed by atoms with Crippen LogP contribution in [0.25, 0.3) is 0 Å². The molecule has 5 nitrogen and oxygen atoms in total. The summed E-state index contributed by atoms with van der Waals surface area (Å²) in [5.74, 6) is 0.0632. The first-order valence-electron chi connectivity index (χ1n) is 6.38. The van der Waals surface area contributed by atoms with Crippen LogP contribution in [0.15, 0.2) is 0 Å². The number of hydrogen-bond acceptors (Lipinski definition) is 4. The molecule has 2 aliphatic heterocycles. The lowest BCUT2D eigenvalue weighted by atomic mass is 10.1. The van der Waals surface area contributed by atoms with Crippen molar-refractivity contribution in [1.29, 1.82) is 0 Å². The highest BCUT2D eigenvalue weighted by atomic mass is 35.5. The van der Waals surface area contributed by atoms with E-state index in [-0.39, 0.29) is 30.7 Å². The molecule has 0 saturated carbocycles. The number of halogens is 2. The Morgan fingerprint density at radius 3 is 2.32 bits per heavy atom. The molecule has 114 valence electrons. The Balaban J connectivity index is 0.00000162. The third kappa shape index (κ3) is 4.76. The predicted octanol–water partition coefficient (Wildman–Crippen LogP) is 0.500. The molecular weight excluding hydrogens is 289 g/mol. The average molecular weight is 314 g/mol. The number of amides is 1. The van der Waals surface area contributed by atoms with Crippen molar-refractivity contribution in [3.8, 4) is 0 Å². The van der Waals surface area contributed by atoms with Crippen molar-refractivity contribution in [2.24, 2.45) is 5.73 Å². The molecule has 0 aromatic carbocycles. The Labute approximate surface area is 127 Å². The van der Waals surface area contributed by atoms with Gasteiger partial charge in [-0.3, -0.25) is 9.69 Å². The zero-order valence-electron chi connectivity index (χ0n) is 11.6. The normalized spacial score (nSPS) is 24.6. The number of morpholine rings is 1. The van der Waals surface area contributed by atoms with Crippen LogP contribution in [0.4, 0.5) is 0 Å². The van der Waals surface area contributed by atoms with Gasteiger partial charge in [-0.15, -0.1) is 24.8 Å². The Hall–Kier alpha value is -0.0700. The van der Waals surface area contributed by atoms with E-state index >= 15 is 0 Å². The minimum atomic E-state index is -0.750. The van der Waals surface area contributed by atoms with Crippen molar-refractivity contribution < 1.29 is 9.53 Å². The van der Waals surface area contributed by atoms with Crippen molar-refractivity contribution in [2.75, 3.05) is 39.4 Å². The van der Waals surface area contributed by atoms with E-state index in [2.05, 4.69) is 4.90 Å². The highest BCUT2D eigenvalue weighted by molar-refractivity contribution is 5.86. The first-order chi connectivity index (χ1) is 7.98. The summed E-state index contributed by atoms with van der Waals surface area (Å²) in [5.41, 5.74) is 5.11. The minimum absolute atomic E-state index is 0. The van der Waals surface area contributed by atoms with Crippen LogP contribution < -0.4 is 5.73 Å². The lowest BCUT2D eigenvalue weighted by Gasteiger charge is -2.32. The second-order valence-corrected chi connectivity index (χ2v) is 5.56. The summed E-state index contributed by atoms with van der Waals surface area (Å²) in [6.45, 7) is 8.80. The average Bonchev–Trinajstić information content (AvgIpc) is 2.77. The number of likely N-dealkylation sites (tertiary alicyclic amines) is 1. The number of carbonyl (C=O) groups is 1. The van der Waals surface area contributed by atoms with Crippen LogP contribution in [-0.4, -0.2) is 66.7 Å². The summed E-state index contributed by atoms with van der Waals surface area (Å²) in [7, 11) is 0. The molecule has 0 radical (unpaired) electrons. The number of nitrogens with zero attached hydrogens (tertiary/aromatic N) is 2. The maximum Gasteiger partial charge on any atom is 0.242 e. The van der Waals surface area contributed by atoms with Gasteiger partial charge in [-0.1, -0.05) is 0 Å². The van der Waals surface area contributed by atoms with Gasteiger partial charge in [-0.25, -0.2) is 0 Å². The summed E-state index contributed by atoms with van der Waals surface area (Å²) < 4.78 is 5.35. The molecule has 0 aromatic heterocycles. The number of nitrogens with two attached hydrogens (primary N) is 1. The zero-order chi connectivity index (χ0) is 12.5. The van der Waals surface area contributed by atoms with Gasteiger partial charge in [0.05, 0.1) is 18.8 Å². The quantitative estimate of drug-likeness (QED) is 0.806. The van der Waals surface area contributed by atoms with Crippen molar-refractivity contribution >= 4 is 30.7 Å². The monoisotopic (exact) mass is 313 g/mol. The summed E-state index contributed by atoms with van der Waals surface area (Å²) in [5, 5.41) is 0. The van der Waals surface area contributed by atoms with E-state index in [4.69, 9.17) is 10.5 Å². The van der Waals surface area contributed by atoms with E-state index in [1.54, 1.807) is 13.8 Å². The molecule has 0 aromatic rings. The molecule has 2 aliphatic rings. The highest BCUT2D eigenvalue weighted by Crippen LogP contribution is 2.19. The predicted molar refractivity (Wildman–Crippen MR) is 80.1 cm³/mol. The number of hydrogen-bond donors (Lipinski definition) is 1. The third-order valence-electron chi connectivity index (χ3n) is 3.56. The number of rotatable bonds is 2. The highest BCUT2D eigenvalue weighted by Gasteiger charge is 2.35. The Morgan fingerprint density at radius 2 is 1.79 bits per heavy atom. The SMILES string of the molecule is CC(C)(N)C(=O)N1CCC(N2CCOCC2)C1.Cl.Cl. The van der Waals surface area contributed by atoms with Gasteiger partial charge in [-0.2, -0.15) is 0 Å². The first kappa shape index (κ1) is 18.9. The van der Waals surface area contributed by atoms with Gasteiger partial charge in [0.1, 0.15) is 0 Å². The van der Waals surface area contributed by atoms with Crippen LogP contribution in [0, 0.1) is 0 Å².